The second-order valence-corrected chi connectivity index (χ2v) is 4.85. The molecule has 0 spiro atoms. The van der Waals surface area contributed by atoms with E-state index in [1.165, 1.54) is 0 Å². The smallest absolute Gasteiger partial charge is 0.0621 e. The monoisotopic (exact) mass is 300 g/mol. The van der Waals surface area contributed by atoms with Gasteiger partial charge >= 0.3 is 0 Å². The summed E-state index contributed by atoms with van der Waals surface area (Å²) in [7, 11) is 0. The van der Waals surface area contributed by atoms with E-state index in [4.69, 9.17) is 16.9 Å². The van der Waals surface area contributed by atoms with E-state index in [9.17, 15) is 0 Å². The van der Waals surface area contributed by atoms with Gasteiger partial charge in [-0.2, -0.15) is 5.26 Å². The highest BCUT2D eigenvalue weighted by molar-refractivity contribution is 9.10. The molecule has 0 atom stereocenters. The van der Waals surface area contributed by atoms with Gasteiger partial charge in [0.25, 0.3) is 0 Å². The molecule has 0 heterocycles. The van der Waals surface area contributed by atoms with Crippen molar-refractivity contribution in [3.05, 3.63) is 33.3 Å². The first-order valence-corrected chi connectivity index (χ1v) is 6.42. The maximum atomic E-state index is 8.37. The van der Waals surface area contributed by atoms with Crippen molar-refractivity contribution in [2.75, 3.05) is 6.54 Å². The van der Waals surface area contributed by atoms with Gasteiger partial charge in [0.1, 0.15) is 0 Å². The molecule has 86 valence electrons. The van der Waals surface area contributed by atoms with Gasteiger partial charge in [0.15, 0.2) is 0 Å². The van der Waals surface area contributed by atoms with Gasteiger partial charge in [0.2, 0.25) is 0 Å². The Bertz CT molecular complexity index is 374. The number of rotatable bonds is 6. The minimum atomic E-state index is 0.640. The van der Waals surface area contributed by atoms with Gasteiger partial charge in [0.05, 0.1) is 6.07 Å². The van der Waals surface area contributed by atoms with Crippen LogP contribution in [-0.4, -0.2) is 6.54 Å². The van der Waals surface area contributed by atoms with E-state index in [0.29, 0.717) is 6.42 Å². The Morgan fingerprint density at radius 1 is 1.38 bits per heavy atom. The molecule has 0 fully saturated rings. The molecule has 1 aromatic carbocycles. The van der Waals surface area contributed by atoms with Crippen molar-refractivity contribution in [2.24, 2.45) is 0 Å². The first kappa shape index (κ1) is 13.5. The maximum Gasteiger partial charge on any atom is 0.0621 e. The molecule has 0 unspecified atom stereocenters. The maximum absolute atomic E-state index is 8.37. The largest absolute Gasteiger partial charge is 0.313 e. The Labute approximate surface area is 110 Å². The van der Waals surface area contributed by atoms with Crippen LogP contribution in [0.4, 0.5) is 0 Å². The van der Waals surface area contributed by atoms with Gasteiger partial charge in [-0.15, -0.1) is 0 Å². The SMILES string of the molecule is N#CCCCCNCc1ccc(Br)cc1Cl. The van der Waals surface area contributed by atoms with Crippen molar-refractivity contribution in [2.45, 2.75) is 25.8 Å². The quantitative estimate of drug-likeness (QED) is 0.809. The number of hydrogen-bond acceptors (Lipinski definition) is 2. The fraction of sp³-hybridized carbons (Fsp3) is 0.417. The van der Waals surface area contributed by atoms with Crippen molar-refractivity contribution >= 4 is 27.5 Å². The van der Waals surface area contributed by atoms with Crippen LogP contribution in [-0.2, 0) is 6.54 Å². The minimum Gasteiger partial charge on any atom is -0.313 e. The summed E-state index contributed by atoms with van der Waals surface area (Å²) >= 11 is 9.45. The lowest BCUT2D eigenvalue weighted by molar-refractivity contribution is 0.629. The molecule has 0 radical (unpaired) electrons. The molecule has 16 heavy (non-hydrogen) atoms. The van der Waals surface area contributed by atoms with Crippen LogP contribution >= 0.6 is 27.5 Å². The van der Waals surface area contributed by atoms with Crippen molar-refractivity contribution in [1.82, 2.24) is 5.32 Å². The van der Waals surface area contributed by atoms with E-state index in [-0.39, 0.29) is 0 Å². The predicted octanol–water partition coefficient (Wildman–Crippen LogP) is 3.89. The third-order valence-electron chi connectivity index (χ3n) is 2.22. The molecule has 0 aromatic heterocycles. The van der Waals surface area contributed by atoms with Crippen molar-refractivity contribution in [1.29, 1.82) is 5.26 Å². The van der Waals surface area contributed by atoms with Crippen LogP contribution in [0, 0.1) is 11.3 Å². The summed E-state index contributed by atoms with van der Waals surface area (Å²) in [4.78, 5) is 0. The number of unbranched alkanes of at least 4 members (excludes halogenated alkanes) is 2. The Morgan fingerprint density at radius 3 is 2.88 bits per heavy atom. The van der Waals surface area contributed by atoms with E-state index < -0.39 is 0 Å². The summed E-state index contributed by atoms with van der Waals surface area (Å²) in [5, 5.41) is 12.5. The van der Waals surface area contributed by atoms with Crippen LogP contribution in [0.1, 0.15) is 24.8 Å². The lowest BCUT2D eigenvalue weighted by Gasteiger charge is -2.06. The van der Waals surface area contributed by atoms with Gasteiger partial charge in [0, 0.05) is 22.5 Å². The fourth-order valence-electron chi connectivity index (χ4n) is 1.34. The van der Waals surface area contributed by atoms with Crippen LogP contribution < -0.4 is 5.32 Å². The second-order valence-electron chi connectivity index (χ2n) is 3.53. The Morgan fingerprint density at radius 2 is 2.19 bits per heavy atom. The molecule has 1 aromatic rings. The van der Waals surface area contributed by atoms with Crippen molar-refractivity contribution < 1.29 is 0 Å². The predicted molar refractivity (Wildman–Crippen MR) is 70.3 cm³/mol. The Balaban J connectivity index is 2.25. The lowest BCUT2D eigenvalue weighted by atomic mass is 10.2. The standard InChI is InChI=1S/C12H14BrClN2/c13-11-5-4-10(12(14)8-11)9-16-7-3-1-2-6-15/h4-5,8,16H,1-3,7,9H2. The molecule has 0 bridgehead atoms. The molecular formula is C12H14BrClN2. The highest BCUT2D eigenvalue weighted by Crippen LogP contribution is 2.21. The summed E-state index contributed by atoms with van der Waals surface area (Å²) < 4.78 is 0.996. The zero-order chi connectivity index (χ0) is 11.8. The summed E-state index contributed by atoms with van der Waals surface area (Å²) in [6, 6.07) is 8.03. The molecule has 1 rings (SSSR count). The highest BCUT2D eigenvalue weighted by atomic mass is 79.9. The molecule has 0 amide bonds. The van der Waals surface area contributed by atoms with Crippen molar-refractivity contribution in [3.63, 3.8) is 0 Å². The zero-order valence-electron chi connectivity index (χ0n) is 8.97. The first-order chi connectivity index (χ1) is 7.74. The molecule has 0 saturated carbocycles. The van der Waals surface area contributed by atoms with Gasteiger partial charge < -0.3 is 5.32 Å². The molecular weight excluding hydrogens is 288 g/mol. The summed E-state index contributed by atoms with van der Waals surface area (Å²) in [5.41, 5.74) is 1.10. The molecule has 0 aliphatic carbocycles. The van der Waals surface area contributed by atoms with Crippen LogP contribution in [0.3, 0.4) is 0 Å². The average Bonchev–Trinajstić information content (AvgIpc) is 2.26. The third-order valence-corrected chi connectivity index (χ3v) is 3.07. The number of nitriles is 1. The highest BCUT2D eigenvalue weighted by Gasteiger charge is 2.00. The molecule has 1 N–H and O–H groups in total. The Kier molecular flexibility index (Phi) is 6.47. The van der Waals surface area contributed by atoms with Crippen LogP contribution in [0.2, 0.25) is 5.02 Å². The van der Waals surface area contributed by atoms with Gasteiger partial charge in [-0.3, -0.25) is 0 Å². The van der Waals surface area contributed by atoms with E-state index in [2.05, 4.69) is 27.3 Å². The number of benzene rings is 1. The minimum absolute atomic E-state index is 0.640. The van der Waals surface area contributed by atoms with E-state index in [0.717, 1.165) is 41.0 Å². The average molecular weight is 302 g/mol. The first-order valence-electron chi connectivity index (χ1n) is 5.25. The number of halogens is 2. The van der Waals surface area contributed by atoms with E-state index in [1.807, 2.05) is 18.2 Å². The van der Waals surface area contributed by atoms with Crippen LogP contribution in [0.25, 0.3) is 0 Å². The number of hydrogen-bond donors (Lipinski definition) is 1. The summed E-state index contributed by atoms with van der Waals surface area (Å²) in [5.74, 6) is 0. The van der Waals surface area contributed by atoms with Crippen LogP contribution in [0.5, 0.6) is 0 Å². The van der Waals surface area contributed by atoms with Crippen molar-refractivity contribution in [3.8, 4) is 6.07 Å². The summed E-state index contributed by atoms with van der Waals surface area (Å²) in [6.07, 6.45) is 2.62. The molecule has 0 aliphatic heterocycles. The topological polar surface area (TPSA) is 35.8 Å². The number of nitrogens with zero attached hydrogens (tertiary/aromatic N) is 1. The molecule has 4 heteroatoms. The molecule has 0 aliphatic rings. The third kappa shape index (κ3) is 4.98. The zero-order valence-corrected chi connectivity index (χ0v) is 11.3. The Hall–Kier alpha value is -0.560. The van der Waals surface area contributed by atoms with Gasteiger partial charge in [-0.05, 0) is 37.1 Å². The fourth-order valence-corrected chi connectivity index (χ4v) is 2.08. The summed E-state index contributed by atoms with van der Waals surface area (Å²) in [6.45, 7) is 1.70. The normalized spacial score (nSPS) is 10.1. The second kappa shape index (κ2) is 7.67. The number of nitrogens with one attached hydrogen (secondary N) is 1. The van der Waals surface area contributed by atoms with E-state index >= 15 is 0 Å². The molecule has 2 nitrogen and oxygen atoms in total. The van der Waals surface area contributed by atoms with E-state index in [1.54, 1.807) is 0 Å². The lowest BCUT2D eigenvalue weighted by Crippen LogP contribution is -2.14. The van der Waals surface area contributed by atoms with Gasteiger partial charge in [-0.1, -0.05) is 33.6 Å². The van der Waals surface area contributed by atoms with Gasteiger partial charge in [-0.25, -0.2) is 0 Å². The van der Waals surface area contributed by atoms with Crippen LogP contribution in [0.15, 0.2) is 22.7 Å². The molecule has 0 saturated heterocycles.